The fraction of sp³-hybridized carbons (Fsp3) is 0.562. The number of nitrogens with zero attached hydrogens (tertiary/aromatic N) is 2. The van der Waals surface area contributed by atoms with E-state index in [0.29, 0.717) is 0 Å². The Hall–Kier alpha value is -0.620. The van der Waals surface area contributed by atoms with Crippen LogP contribution in [0.5, 0.6) is 0 Å². The van der Waals surface area contributed by atoms with Gasteiger partial charge in [-0.3, -0.25) is 4.79 Å². The molecule has 1 aliphatic rings. The van der Waals surface area contributed by atoms with Gasteiger partial charge >= 0.3 is 0 Å². The van der Waals surface area contributed by atoms with Gasteiger partial charge < -0.3 is 9.80 Å². The largest absolute Gasteiger partial charge is 0.340 e. The minimum absolute atomic E-state index is 0.131. The first-order chi connectivity index (χ1) is 9.37. The Bertz CT molecular complexity index is 509. The minimum atomic E-state index is 0.131. The number of halogens is 1. The molecule has 0 unspecified atom stereocenters. The highest BCUT2D eigenvalue weighted by Crippen LogP contribution is 2.37. The zero-order chi connectivity index (χ0) is 14.9. The van der Waals surface area contributed by atoms with E-state index in [4.69, 9.17) is 0 Å². The van der Waals surface area contributed by atoms with Crippen LogP contribution in [0.3, 0.4) is 0 Å². The molecule has 4 heteroatoms. The Morgan fingerprint density at radius 1 is 1.30 bits per heavy atom. The molecule has 110 valence electrons. The monoisotopic (exact) mass is 386 g/mol. The highest BCUT2D eigenvalue weighted by atomic mass is 127. The molecule has 1 saturated carbocycles. The van der Waals surface area contributed by atoms with Crippen LogP contribution in [0.15, 0.2) is 18.2 Å². The van der Waals surface area contributed by atoms with E-state index in [9.17, 15) is 4.79 Å². The van der Waals surface area contributed by atoms with E-state index in [0.717, 1.165) is 21.2 Å². The summed E-state index contributed by atoms with van der Waals surface area (Å²) in [6.45, 7) is 2.86. The zero-order valence-electron chi connectivity index (χ0n) is 12.7. The van der Waals surface area contributed by atoms with E-state index in [-0.39, 0.29) is 11.4 Å². The number of aryl methyl sites for hydroxylation is 1. The van der Waals surface area contributed by atoms with E-state index < -0.39 is 0 Å². The van der Waals surface area contributed by atoms with Gasteiger partial charge in [0.25, 0.3) is 5.91 Å². The standard InChI is InChI=1S/C16H23IN2O/c1-12-7-5-8-13(14(12)17)15(20)19(4)11-16(18(2)3)9-6-10-16/h5,7-8H,6,9-11H2,1-4H3. The molecule has 1 aromatic rings. The van der Waals surface area contributed by atoms with Crippen LogP contribution < -0.4 is 0 Å². The van der Waals surface area contributed by atoms with Crippen molar-refractivity contribution in [2.75, 3.05) is 27.7 Å². The van der Waals surface area contributed by atoms with E-state index in [1.807, 2.05) is 37.1 Å². The van der Waals surface area contributed by atoms with Gasteiger partial charge in [0.05, 0.1) is 5.56 Å². The summed E-state index contributed by atoms with van der Waals surface area (Å²) in [5.41, 5.74) is 2.16. The van der Waals surface area contributed by atoms with Crippen molar-refractivity contribution in [2.24, 2.45) is 0 Å². The van der Waals surface area contributed by atoms with Gasteiger partial charge in [-0.2, -0.15) is 0 Å². The van der Waals surface area contributed by atoms with E-state index in [1.54, 1.807) is 0 Å². The van der Waals surface area contributed by atoms with Crippen LogP contribution in [0.2, 0.25) is 0 Å². The summed E-state index contributed by atoms with van der Waals surface area (Å²) < 4.78 is 1.06. The first-order valence-electron chi connectivity index (χ1n) is 7.05. The van der Waals surface area contributed by atoms with E-state index >= 15 is 0 Å². The third-order valence-electron chi connectivity index (χ3n) is 4.53. The van der Waals surface area contributed by atoms with Crippen LogP contribution >= 0.6 is 22.6 Å². The molecule has 20 heavy (non-hydrogen) atoms. The summed E-state index contributed by atoms with van der Waals surface area (Å²) in [7, 11) is 6.16. The summed E-state index contributed by atoms with van der Waals surface area (Å²) in [5.74, 6) is 0.131. The molecule has 0 atom stereocenters. The van der Waals surface area contributed by atoms with Gasteiger partial charge in [0, 0.05) is 22.7 Å². The lowest BCUT2D eigenvalue weighted by molar-refractivity contribution is 0.0252. The molecule has 1 aliphatic carbocycles. The highest BCUT2D eigenvalue weighted by molar-refractivity contribution is 14.1. The summed E-state index contributed by atoms with van der Waals surface area (Å²) in [6.07, 6.45) is 3.63. The maximum atomic E-state index is 12.7. The van der Waals surface area contributed by atoms with Crippen molar-refractivity contribution < 1.29 is 4.79 Å². The first kappa shape index (κ1) is 15.8. The van der Waals surface area contributed by atoms with Gasteiger partial charge in [0.15, 0.2) is 0 Å². The van der Waals surface area contributed by atoms with Gasteiger partial charge in [0.2, 0.25) is 0 Å². The quantitative estimate of drug-likeness (QED) is 0.743. The van der Waals surface area contributed by atoms with Crippen LogP contribution in [0.1, 0.15) is 35.2 Å². The number of benzene rings is 1. The second-order valence-electron chi connectivity index (χ2n) is 6.07. The van der Waals surface area contributed by atoms with Crippen LogP contribution in [-0.4, -0.2) is 48.9 Å². The maximum absolute atomic E-state index is 12.7. The zero-order valence-corrected chi connectivity index (χ0v) is 14.9. The fourth-order valence-electron chi connectivity index (χ4n) is 2.86. The van der Waals surface area contributed by atoms with Gasteiger partial charge in [0.1, 0.15) is 0 Å². The van der Waals surface area contributed by atoms with Crippen molar-refractivity contribution in [3.05, 3.63) is 32.9 Å². The number of likely N-dealkylation sites (N-methyl/N-ethyl adjacent to an activating group) is 2. The van der Waals surface area contributed by atoms with E-state index in [2.05, 4.69) is 41.6 Å². The van der Waals surface area contributed by atoms with Gasteiger partial charge in [-0.1, -0.05) is 12.1 Å². The first-order valence-corrected chi connectivity index (χ1v) is 8.13. The molecule has 1 amide bonds. The van der Waals surface area contributed by atoms with E-state index in [1.165, 1.54) is 19.3 Å². The molecule has 2 rings (SSSR count). The molecular formula is C16H23IN2O. The normalized spacial score (nSPS) is 16.9. The molecule has 0 saturated heterocycles. The second-order valence-corrected chi connectivity index (χ2v) is 7.15. The number of hydrogen-bond acceptors (Lipinski definition) is 2. The van der Waals surface area contributed by atoms with Crippen molar-refractivity contribution >= 4 is 28.5 Å². The summed E-state index contributed by atoms with van der Waals surface area (Å²) in [4.78, 5) is 16.8. The van der Waals surface area contributed by atoms with Crippen LogP contribution in [0.25, 0.3) is 0 Å². The third-order valence-corrected chi connectivity index (χ3v) is 5.97. The molecule has 1 fully saturated rings. The number of hydrogen-bond donors (Lipinski definition) is 0. The lowest BCUT2D eigenvalue weighted by Crippen LogP contribution is -2.57. The molecule has 0 radical (unpaired) electrons. The van der Waals surface area contributed by atoms with Crippen molar-refractivity contribution in [3.8, 4) is 0 Å². The Morgan fingerprint density at radius 2 is 1.95 bits per heavy atom. The van der Waals surface area contributed by atoms with Crippen molar-refractivity contribution in [3.63, 3.8) is 0 Å². The third kappa shape index (κ3) is 2.86. The topological polar surface area (TPSA) is 23.6 Å². The molecule has 0 N–H and O–H groups in total. The minimum Gasteiger partial charge on any atom is -0.340 e. The van der Waals surface area contributed by atoms with Crippen LogP contribution in [0, 0.1) is 10.5 Å². The maximum Gasteiger partial charge on any atom is 0.254 e. The van der Waals surface area contributed by atoms with Crippen molar-refractivity contribution in [1.82, 2.24) is 9.80 Å². The molecule has 3 nitrogen and oxygen atoms in total. The molecule has 1 aromatic carbocycles. The fourth-order valence-corrected chi connectivity index (χ4v) is 3.45. The molecular weight excluding hydrogens is 363 g/mol. The van der Waals surface area contributed by atoms with Gasteiger partial charge in [-0.25, -0.2) is 0 Å². The lowest BCUT2D eigenvalue weighted by Gasteiger charge is -2.49. The predicted molar refractivity (Wildman–Crippen MR) is 91.1 cm³/mol. The Kier molecular flexibility index (Phi) is 4.74. The average Bonchev–Trinajstić information content (AvgIpc) is 2.35. The summed E-state index contributed by atoms with van der Waals surface area (Å²) in [6, 6.07) is 5.94. The van der Waals surface area contributed by atoms with Crippen LogP contribution in [0.4, 0.5) is 0 Å². The SMILES string of the molecule is Cc1cccc(C(=O)N(C)CC2(N(C)C)CCC2)c1I. The van der Waals surface area contributed by atoms with Gasteiger partial charge in [-0.15, -0.1) is 0 Å². The molecule has 0 spiro atoms. The van der Waals surface area contributed by atoms with Crippen molar-refractivity contribution in [1.29, 1.82) is 0 Å². The number of carbonyl (C=O) groups excluding carboxylic acids is 1. The Morgan fingerprint density at radius 3 is 2.45 bits per heavy atom. The molecule has 0 bridgehead atoms. The highest BCUT2D eigenvalue weighted by Gasteiger charge is 2.40. The van der Waals surface area contributed by atoms with Crippen LogP contribution in [-0.2, 0) is 0 Å². The average molecular weight is 386 g/mol. The summed E-state index contributed by atoms with van der Waals surface area (Å²) >= 11 is 2.27. The number of carbonyl (C=O) groups is 1. The molecule has 0 aromatic heterocycles. The molecule has 0 aliphatic heterocycles. The number of rotatable bonds is 4. The number of amides is 1. The Balaban J connectivity index is 2.15. The second kappa shape index (κ2) is 6.02. The summed E-state index contributed by atoms with van der Waals surface area (Å²) in [5, 5.41) is 0. The molecule has 0 heterocycles. The smallest absolute Gasteiger partial charge is 0.254 e. The van der Waals surface area contributed by atoms with Gasteiger partial charge in [-0.05, 0) is 74.5 Å². The van der Waals surface area contributed by atoms with Crippen molar-refractivity contribution in [2.45, 2.75) is 31.7 Å². The Labute approximate surface area is 135 Å². The lowest BCUT2D eigenvalue weighted by atomic mass is 9.75. The predicted octanol–water partition coefficient (Wildman–Crippen LogP) is 3.16.